The summed E-state index contributed by atoms with van der Waals surface area (Å²) in [4.78, 5) is 10.8. The summed E-state index contributed by atoms with van der Waals surface area (Å²) in [6.45, 7) is 5.33. The summed E-state index contributed by atoms with van der Waals surface area (Å²) in [5.74, 6) is -0.0127. The van der Waals surface area contributed by atoms with Crippen molar-refractivity contribution in [2.24, 2.45) is 5.92 Å². The molecule has 0 saturated heterocycles. The lowest BCUT2D eigenvalue weighted by atomic mass is 10.3. The molecule has 2 N–H and O–H groups in total. The summed E-state index contributed by atoms with van der Waals surface area (Å²) in [6.07, 6.45) is 0.353. The third-order valence-electron chi connectivity index (χ3n) is 1.45. The Labute approximate surface area is 85.3 Å². The van der Waals surface area contributed by atoms with Crippen LogP contribution in [-0.2, 0) is 14.8 Å². The topological polar surface area (TPSA) is 75.3 Å². The molecule has 0 aliphatic carbocycles. The lowest BCUT2D eigenvalue weighted by molar-refractivity contribution is -0.120. The first-order valence-corrected chi connectivity index (χ1v) is 6.26. The summed E-state index contributed by atoms with van der Waals surface area (Å²) in [6, 6.07) is 0. The fraction of sp³-hybridized carbons (Fsp3) is 0.875. The lowest BCUT2D eigenvalue weighted by Crippen LogP contribution is -2.38. The minimum Gasteiger partial charge on any atom is -0.343 e. The molecular formula is C8H18N2O3S. The van der Waals surface area contributed by atoms with Gasteiger partial charge in [-0.15, -0.1) is 0 Å². The van der Waals surface area contributed by atoms with Gasteiger partial charge >= 0.3 is 0 Å². The molecule has 5 nitrogen and oxygen atoms in total. The highest BCUT2D eigenvalue weighted by molar-refractivity contribution is 7.89. The van der Waals surface area contributed by atoms with Crippen LogP contribution in [0.15, 0.2) is 0 Å². The molecule has 0 fully saturated rings. The Morgan fingerprint density at radius 2 is 1.93 bits per heavy atom. The van der Waals surface area contributed by atoms with Gasteiger partial charge in [0.05, 0.1) is 12.4 Å². The highest BCUT2D eigenvalue weighted by Crippen LogP contribution is 1.96. The van der Waals surface area contributed by atoms with Crippen molar-refractivity contribution in [1.29, 1.82) is 0 Å². The zero-order valence-electron chi connectivity index (χ0n) is 8.83. The molecule has 0 aliphatic heterocycles. The second-order valence-electron chi connectivity index (χ2n) is 3.45. The molecular weight excluding hydrogens is 204 g/mol. The summed E-state index contributed by atoms with van der Waals surface area (Å²) in [7, 11) is -3.25. The van der Waals surface area contributed by atoms with Gasteiger partial charge in [0.1, 0.15) is 0 Å². The van der Waals surface area contributed by atoms with E-state index in [1.807, 2.05) is 13.8 Å². The number of rotatable bonds is 6. The first-order chi connectivity index (χ1) is 6.37. The van der Waals surface area contributed by atoms with E-state index in [-0.39, 0.29) is 24.2 Å². The van der Waals surface area contributed by atoms with Gasteiger partial charge in [-0.1, -0.05) is 20.8 Å². The molecule has 1 amide bonds. The summed E-state index contributed by atoms with van der Waals surface area (Å²) < 4.78 is 24.8. The smallest absolute Gasteiger partial charge is 0.220 e. The normalized spacial score (nSPS) is 11.7. The van der Waals surface area contributed by atoms with Gasteiger partial charge in [0.25, 0.3) is 0 Å². The van der Waals surface area contributed by atoms with Crippen molar-refractivity contribution in [3.63, 3.8) is 0 Å². The second kappa shape index (κ2) is 5.98. The van der Waals surface area contributed by atoms with Gasteiger partial charge in [-0.2, -0.15) is 4.72 Å². The number of hydrogen-bond acceptors (Lipinski definition) is 3. The first-order valence-electron chi connectivity index (χ1n) is 4.61. The van der Waals surface area contributed by atoms with Crippen LogP contribution >= 0.6 is 0 Å². The van der Waals surface area contributed by atoms with Crippen LogP contribution in [0.2, 0.25) is 0 Å². The molecule has 0 aromatic heterocycles. The molecule has 0 spiro atoms. The van der Waals surface area contributed by atoms with Crippen LogP contribution in [0.25, 0.3) is 0 Å². The third-order valence-corrected chi connectivity index (χ3v) is 3.14. The Balaban J connectivity index is 3.83. The average Bonchev–Trinajstić information content (AvgIpc) is 2.01. The lowest BCUT2D eigenvalue weighted by Gasteiger charge is -2.09. The van der Waals surface area contributed by atoms with Crippen LogP contribution in [0.1, 0.15) is 27.2 Å². The number of carbonyl (C=O) groups excluding carboxylic acids is 1. The molecule has 0 saturated carbocycles. The first kappa shape index (κ1) is 13.4. The highest BCUT2D eigenvalue weighted by Gasteiger charge is 2.11. The Morgan fingerprint density at radius 3 is 2.36 bits per heavy atom. The minimum absolute atomic E-state index is 0.0261. The predicted octanol–water partition coefficient (Wildman–Crippen LogP) is 0.0455. The van der Waals surface area contributed by atoms with Gasteiger partial charge in [-0.05, 0) is 5.92 Å². The maximum Gasteiger partial charge on any atom is 0.220 e. The van der Waals surface area contributed by atoms with Crippen LogP contribution in [0.5, 0.6) is 0 Å². The van der Waals surface area contributed by atoms with Gasteiger partial charge in [0.15, 0.2) is 0 Å². The number of hydrogen-bond donors (Lipinski definition) is 2. The number of sulfonamides is 1. The van der Waals surface area contributed by atoms with Gasteiger partial charge in [0.2, 0.25) is 15.9 Å². The van der Waals surface area contributed by atoms with Gasteiger partial charge in [-0.3, -0.25) is 4.79 Å². The van der Waals surface area contributed by atoms with E-state index in [4.69, 9.17) is 0 Å². The second-order valence-corrected chi connectivity index (χ2v) is 5.30. The number of nitrogens with one attached hydrogen (secondary N) is 2. The Hall–Kier alpha value is -0.620. The largest absolute Gasteiger partial charge is 0.343 e. The molecule has 0 aromatic carbocycles. The van der Waals surface area contributed by atoms with Crippen molar-refractivity contribution in [2.75, 3.05) is 12.4 Å². The molecule has 0 rings (SSSR count). The van der Waals surface area contributed by atoms with Gasteiger partial charge < -0.3 is 5.32 Å². The summed E-state index contributed by atoms with van der Waals surface area (Å²) in [5, 5.41) is 2.43. The standard InChI is InChI=1S/C8H18N2O3S/c1-4-8(11)9-6-10-14(12,13)5-7(2)3/h7,10H,4-6H2,1-3H3,(H,9,11). The predicted molar refractivity (Wildman–Crippen MR) is 55.1 cm³/mol. The average molecular weight is 222 g/mol. The van der Waals surface area contributed by atoms with Gasteiger partial charge in [0, 0.05) is 6.42 Å². The van der Waals surface area contributed by atoms with E-state index in [1.165, 1.54) is 0 Å². The van der Waals surface area contributed by atoms with Crippen LogP contribution in [0, 0.1) is 5.92 Å². The van der Waals surface area contributed by atoms with Crippen LogP contribution in [-0.4, -0.2) is 26.7 Å². The molecule has 14 heavy (non-hydrogen) atoms. The van der Waals surface area contributed by atoms with E-state index < -0.39 is 10.0 Å². The van der Waals surface area contributed by atoms with Crippen molar-refractivity contribution in [2.45, 2.75) is 27.2 Å². The Morgan fingerprint density at radius 1 is 1.36 bits per heavy atom. The van der Waals surface area contributed by atoms with Crippen molar-refractivity contribution in [3.05, 3.63) is 0 Å². The maximum absolute atomic E-state index is 11.2. The molecule has 0 atom stereocenters. The zero-order chi connectivity index (χ0) is 11.2. The van der Waals surface area contributed by atoms with E-state index in [0.717, 1.165) is 0 Å². The zero-order valence-corrected chi connectivity index (χ0v) is 9.65. The van der Waals surface area contributed by atoms with E-state index in [2.05, 4.69) is 10.0 Å². The monoisotopic (exact) mass is 222 g/mol. The van der Waals surface area contributed by atoms with E-state index in [9.17, 15) is 13.2 Å². The van der Waals surface area contributed by atoms with E-state index in [1.54, 1.807) is 6.92 Å². The molecule has 0 aromatic rings. The Kier molecular flexibility index (Phi) is 5.71. The maximum atomic E-state index is 11.2. The summed E-state index contributed by atoms with van der Waals surface area (Å²) in [5.41, 5.74) is 0. The fourth-order valence-corrected chi connectivity index (χ4v) is 2.15. The fourth-order valence-electron chi connectivity index (χ4n) is 0.867. The van der Waals surface area contributed by atoms with Crippen LogP contribution < -0.4 is 10.0 Å². The highest BCUT2D eigenvalue weighted by atomic mass is 32.2. The molecule has 0 aliphatic rings. The molecule has 84 valence electrons. The van der Waals surface area contributed by atoms with Crippen molar-refractivity contribution < 1.29 is 13.2 Å². The van der Waals surface area contributed by atoms with Gasteiger partial charge in [-0.25, -0.2) is 8.42 Å². The molecule has 6 heteroatoms. The van der Waals surface area contributed by atoms with Crippen LogP contribution in [0.3, 0.4) is 0 Å². The van der Waals surface area contributed by atoms with Crippen LogP contribution in [0.4, 0.5) is 0 Å². The molecule has 0 heterocycles. The number of amides is 1. The van der Waals surface area contributed by atoms with E-state index >= 15 is 0 Å². The van der Waals surface area contributed by atoms with E-state index in [0.29, 0.717) is 6.42 Å². The SMILES string of the molecule is CCC(=O)NCNS(=O)(=O)CC(C)C. The molecule has 0 bridgehead atoms. The minimum atomic E-state index is -3.25. The third kappa shape index (κ3) is 6.85. The van der Waals surface area contributed by atoms with Crippen molar-refractivity contribution in [3.8, 4) is 0 Å². The molecule has 0 radical (unpaired) electrons. The van der Waals surface area contributed by atoms with Crippen molar-refractivity contribution in [1.82, 2.24) is 10.0 Å². The Bertz CT molecular complexity index is 272. The number of carbonyl (C=O) groups is 1. The quantitative estimate of drug-likeness (QED) is 0.623. The molecule has 0 unspecified atom stereocenters. The summed E-state index contributed by atoms with van der Waals surface area (Å²) >= 11 is 0. The van der Waals surface area contributed by atoms with Crippen molar-refractivity contribution >= 4 is 15.9 Å².